The second-order valence-corrected chi connectivity index (χ2v) is 6.46. The topological polar surface area (TPSA) is 56.1 Å². The standard InChI is InChI=1S/C17H20ClN3O/c1-12-6-13(2)10-21(9-12)11-14(8-19)17(22)20-16-5-3-4-15(18)7-16/h3-5,7,11-13H,6,9-10H2,1-2H3,(H,20,22)/b14-11+/t12-,13-/m0/s1. The molecule has 0 radical (unpaired) electrons. The van der Waals surface area contributed by atoms with Crippen molar-refractivity contribution in [3.63, 3.8) is 0 Å². The van der Waals surface area contributed by atoms with Crippen molar-refractivity contribution in [1.29, 1.82) is 5.26 Å². The molecule has 1 aliphatic rings. The van der Waals surface area contributed by atoms with Crippen molar-refractivity contribution < 1.29 is 4.79 Å². The number of carbonyl (C=O) groups is 1. The van der Waals surface area contributed by atoms with E-state index in [4.69, 9.17) is 11.6 Å². The van der Waals surface area contributed by atoms with Crippen LogP contribution in [0.2, 0.25) is 5.02 Å². The summed E-state index contributed by atoms with van der Waals surface area (Å²) in [6.45, 7) is 6.13. The van der Waals surface area contributed by atoms with Crippen molar-refractivity contribution in [3.05, 3.63) is 41.1 Å². The molecular weight excluding hydrogens is 298 g/mol. The molecule has 5 heteroatoms. The first kappa shape index (κ1) is 16.4. The molecule has 116 valence electrons. The number of hydrogen-bond acceptors (Lipinski definition) is 3. The number of amides is 1. The Morgan fingerprint density at radius 2 is 2.09 bits per heavy atom. The average Bonchev–Trinajstić information content (AvgIpc) is 2.43. The van der Waals surface area contributed by atoms with Gasteiger partial charge in [-0.25, -0.2) is 0 Å². The van der Waals surface area contributed by atoms with Crippen LogP contribution in [-0.2, 0) is 4.79 Å². The minimum absolute atomic E-state index is 0.112. The molecule has 1 aromatic carbocycles. The molecule has 2 atom stereocenters. The largest absolute Gasteiger partial charge is 0.376 e. The fraction of sp³-hybridized carbons (Fsp3) is 0.412. The van der Waals surface area contributed by atoms with E-state index >= 15 is 0 Å². The molecule has 0 saturated carbocycles. The van der Waals surface area contributed by atoms with Crippen LogP contribution in [0, 0.1) is 23.2 Å². The Kier molecular flexibility index (Phi) is 5.46. The lowest BCUT2D eigenvalue weighted by Gasteiger charge is -2.34. The Labute approximate surface area is 136 Å². The third kappa shape index (κ3) is 4.51. The molecule has 1 heterocycles. The van der Waals surface area contributed by atoms with Crippen LogP contribution in [0.4, 0.5) is 5.69 Å². The molecule has 0 bridgehead atoms. The smallest absolute Gasteiger partial charge is 0.267 e. The fourth-order valence-corrected chi connectivity index (χ4v) is 3.09. The maximum absolute atomic E-state index is 12.2. The number of halogens is 1. The zero-order valence-electron chi connectivity index (χ0n) is 12.8. The summed E-state index contributed by atoms with van der Waals surface area (Å²) in [6, 6.07) is 8.86. The summed E-state index contributed by atoms with van der Waals surface area (Å²) in [5.41, 5.74) is 0.695. The van der Waals surface area contributed by atoms with Gasteiger partial charge in [0.15, 0.2) is 0 Å². The van der Waals surface area contributed by atoms with E-state index in [9.17, 15) is 10.1 Å². The lowest BCUT2D eigenvalue weighted by molar-refractivity contribution is -0.112. The summed E-state index contributed by atoms with van der Waals surface area (Å²) in [4.78, 5) is 14.3. The molecule has 0 aromatic heterocycles. The van der Waals surface area contributed by atoms with Crippen LogP contribution >= 0.6 is 11.6 Å². The number of likely N-dealkylation sites (tertiary alicyclic amines) is 1. The Bertz CT molecular complexity index is 611. The highest BCUT2D eigenvalue weighted by atomic mass is 35.5. The molecule has 4 nitrogen and oxygen atoms in total. The molecule has 1 fully saturated rings. The van der Waals surface area contributed by atoms with Crippen LogP contribution in [0.3, 0.4) is 0 Å². The van der Waals surface area contributed by atoms with Crippen molar-refractivity contribution in [1.82, 2.24) is 4.90 Å². The second kappa shape index (κ2) is 7.33. The van der Waals surface area contributed by atoms with Crippen LogP contribution in [0.5, 0.6) is 0 Å². The third-order valence-corrected chi connectivity index (χ3v) is 3.89. The number of nitrogens with one attached hydrogen (secondary N) is 1. The van der Waals surface area contributed by atoms with Crippen molar-refractivity contribution in [3.8, 4) is 6.07 Å². The number of hydrogen-bond donors (Lipinski definition) is 1. The van der Waals surface area contributed by atoms with Gasteiger partial charge in [0.25, 0.3) is 5.91 Å². The number of carbonyl (C=O) groups excluding carboxylic acids is 1. The van der Waals surface area contributed by atoms with Gasteiger partial charge in [-0.3, -0.25) is 4.79 Å². The molecule has 0 aliphatic carbocycles. The van der Waals surface area contributed by atoms with Gasteiger partial charge in [-0.2, -0.15) is 5.26 Å². The molecule has 1 saturated heterocycles. The molecule has 2 rings (SSSR count). The first-order chi connectivity index (χ1) is 10.5. The summed E-state index contributed by atoms with van der Waals surface area (Å²) < 4.78 is 0. The summed E-state index contributed by atoms with van der Waals surface area (Å²) in [5.74, 6) is 0.725. The molecule has 1 aromatic rings. The number of nitriles is 1. The molecule has 1 aliphatic heterocycles. The molecule has 1 N–H and O–H groups in total. The van der Waals surface area contributed by atoms with E-state index in [1.54, 1.807) is 30.5 Å². The predicted molar refractivity (Wildman–Crippen MR) is 88.3 cm³/mol. The summed E-state index contributed by atoms with van der Waals surface area (Å²) in [6.07, 6.45) is 2.85. The van der Waals surface area contributed by atoms with Gasteiger partial charge in [-0.15, -0.1) is 0 Å². The van der Waals surface area contributed by atoms with Gasteiger partial charge in [0, 0.05) is 30.0 Å². The molecule has 1 amide bonds. The predicted octanol–water partition coefficient (Wildman–Crippen LogP) is 3.66. The van der Waals surface area contributed by atoms with E-state index in [-0.39, 0.29) is 5.57 Å². The minimum Gasteiger partial charge on any atom is -0.376 e. The molecule has 0 spiro atoms. The van der Waals surface area contributed by atoms with Crippen molar-refractivity contribution in [2.75, 3.05) is 18.4 Å². The first-order valence-corrected chi connectivity index (χ1v) is 7.78. The zero-order chi connectivity index (χ0) is 16.1. The van der Waals surface area contributed by atoms with Gasteiger partial charge in [0.05, 0.1) is 0 Å². The second-order valence-electron chi connectivity index (χ2n) is 6.02. The van der Waals surface area contributed by atoms with Crippen LogP contribution < -0.4 is 5.32 Å². The summed E-state index contributed by atoms with van der Waals surface area (Å²) in [7, 11) is 0. The van der Waals surface area contributed by atoms with E-state index < -0.39 is 5.91 Å². The van der Waals surface area contributed by atoms with Crippen molar-refractivity contribution in [2.24, 2.45) is 11.8 Å². The lowest BCUT2D eigenvalue weighted by Crippen LogP contribution is -2.35. The average molecular weight is 318 g/mol. The molecule has 0 unspecified atom stereocenters. The number of benzene rings is 1. The Balaban J connectivity index is 2.08. The van der Waals surface area contributed by atoms with E-state index in [1.807, 2.05) is 6.07 Å². The zero-order valence-corrected chi connectivity index (χ0v) is 13.6. The number of anilines is 1. The molecule has 22 heavy (non-hydrogen) atoms. The van der Waals surface area contributed by atoms with E-state index in [0.717, 1.165) is 13.1 Å². The van der Waals surface area contributed by atoms with Crippen LogP contribution in [-0.4, -0.2) is 23.9 Å². The van der Waals surface area contributed by atoms with Gasteiger partial charge in [0.1, 0.15) is 11.6 Å². The third-order valence-electron chi connectivity index (χ3n) is 3.66. The van der Waals surface area contributed by atoms with E-state index in [0.29, 0.717) is 22.5 Å². The summed E-state index contributed by atoms with van der Waals surface area (Å²) >= 11 is 5.89. The maximum Gasteiger partial charge on any atom is 0.267 e. The number of piperidine rings is 1. The highest BCUT2D eigenvalue weighted by molar-refractivity contribution is 6.31. The van der Waals surface area contributed by atoms with Crippen LogP contribution in [0.1, 0.15) is 20.3 Å². The number of nitrogens with zero attached hydrogens (tertiary/aromatic N) is 2. The Morgan fingerprint density at radius 3 is 2.68 bits per heavy atom. The van der Waals surface area contributed by atoms with Gasteiger partial charge < -0.3 is 10.2 Å². The summed E-state index contributed by atoms with van der Waals surface area (Å²) in [5, 5.41) is 12.5. The highest BCUT2D eigenvalue weighted by Gasteiger charge is 2.21. The monoisotopic (exact) mass is 317 g/mol. The van der Waals surface area contributed by atoms with Gasteiger partial charge >= 0.3 is 0 Å². The van der Waals surface area contributed by atoms with E-state index in [2.05, 4.69) is 24.1 Å². The quantitative estimate of drug-likeness (QED) is 0.683. The van der Waals surface area contributed by atoms with Gasteiger partial charge in [-0.05, 0) is 36.5 Å². The van der Waals surface area contributed by atoms with Crippen molar-refractivity contribution in [2.45, 2.75) is 20.3 Å². The SMILES string of the molecule is C[C@H]1C[C@H](C)CN(/C=C(\C#N)C(=O)Nc2cccc(Cl)c2)C1. The Hall–Kier alpha value is -1.99. The normalized spacial score (nSPS) is 22.1. The van der Waals surface area contributed by atoms with Crippen LogP contribution in [0.25, 0.3) is 0 Å². The molecular formula is C17H20ClN3O. The minimum atomic E-state index is -0.407. The first-order valence-electron chi connectivity index (χ1n) is 7.41. The van der Waals surface area contributed by atoms with Gasteiger partial charge in [0.2, 0.25) is 0 Å². The fourth-order valence-electron chi connectivity index (χ4n) is 2.90. The maximum atomic E-state index is 12.2. The van der Waals surface area contributed by atoms with Crippen molar-refractivity contribution >= 4 is 23.2 Å². The van der Waals surface area contributed by atoms with E-state index in [1.165, 1.54) is 6.42 Å². The van der Waals surface area contributed by atoms with Crippen LogP contribution in [0.15, 0.2) is 36.0 Å². The lowest BCUT2D eigenvalue weighted by atomic mass is 9.92. The highest BCUT2D eigenvalue weighted by Crippen LogP contribution is 2.22. The van der Waals surface area contributed by atoms with Gasteiger partial charge in [-0.1, -0.05) is 31.5 Å². The Morgan fingerprint density at radius 1 is 1.41 bits per heavy atom. The number of rotatable bonds is 3.